The second-order valence-electron chi connectivity index (χ2n) is 3.15. The third kappa shape index (κ3) is 1.73. The van der Waals surface area contributed by atoms with E-state index in [0.29, 0.717) is 5.92 Å². The summed E-state index contributed by atoms with van der Waals surface area (Å²) in [5.41, 5.74) is 0. The summed E-state index contributed by atoms with van der Waals surface area (Å²) in [5.74, 6) is -0.0832. The molecule has 11 heavy (non-hydrogen) atoms. The zero-order chi connectivity index (χ0) is 8.43. The number of hydrogen-bond donors (Lipinski definition) is 2. The van der Waals surface area contributed by atoms with Gasteiger partial charge in [-0.05, 0) is 18.4 Å². The van der Waals surface area contributed by atoms with Crippen LogP contribution in [0.4, 0.5) is 0 Å². The highest BCUT2D eigenvalue weighted by molar-refractivity contribution is 5.91. The summed E-state index contributed by atoms with van der Waals surface area (Å²) in [6.45, 7) is 4.09. The Bertz CT molecular complexity index is 196. The molecule has 1 amide bonds. The molecule has 0 aromatic heterocycles. The molecule has 3 heteroatoms. The molecule has 0 spiro atoms. The molecule has 1 atom stereocenters. The first kappa shape index (κ1) is 8.11. The van der Waals surface area contributed by atoms with E-state index in [1.165, 1.54) is 0 Å². The van der Waals surface area contributed by atoms with Crippen molar-refractivity contribution in [3.63, 3.8) is 0 Å². The number of aliphatic hydroxyl groups is 1. The van der Waals surface area contributed by atoms with E-state index in [2.05, 4.69) is 5.32 Å². The minimum Gasteiger partial charge on any atom is -0.503 e. The lowest BCUT2D eigenvalue weighted by atomic mass is 9.98. The van der Waals surface area contributed by atoms with Gasteiger partial charge in [0.25, 0.3) is 5.91 Å². The average Bonchev–Trinajstić information content (AvgIpc) is 1.94. The maximum atomic E-state index is 10.9. The van der Waals surface area contributed by atoms with Gasteiger partial charge in [-0.25, -0.2) is 0 Å². The summed E-state index contributed by atoms with van der Waals surface area (Å²) in [4.78, 5) is 10.9. The van der Waals surface area contributed by atoms with E-state index in [1.54, 1.807) is 6.08 Å². The highest BCUT2D eigenvalue weighted by Gasteiger charge is 2.21. The van der Waals surface area contributed by atoms with Crippen LogP contribution in [0.3, 0.4) is 0 Å². The quantitative estimate of drug-likeness (QED) is 0.592. The number of aliphatic hydroxyl groups excluding tert-OH is 1. The molecule has 1 aliphatic rings. The zero-order valence-corrected chi connectivity index (χ0v) is 6.79. The van der Waals surface area contributed by atoms with Crippen molar-refractivity contribution in [1.29, 1.82) is 0 Å². The van der Waals surface area contributed by atoms with Gasteiger partial charge in [-0.15, -0.1) is 0 Å². The van der Waals surface area contributed by atoms with Gasteiger partial charge in [0.2, 0.25) is 0 Å². The SMILES string of the molecule is CC(C)C1CC=C(O)C(=O)N1. The van der Waals surface area contributed by atoms with Crippen LogP contribution in [0.2, 0.25) is 0 Å². The molecule has 0 radical (unpaired) electrons. The Morgan fingerprint density at radius 3 is 2.82 bits per heavy atom. The van der Waals surface area contributed by atoms with E-state index in [-0.39, 0.29) is 17.7 Å². The molecule has 1 rings (SSSR count). The lowest BCUT2D eigenvalue weighted by Crippen LogP contribution is -2.41. The molecule has 1 aliphatic heterocycles. The first-order valence-electron chi connectivity index (χ1n) is 3.81. The molecule has 0 aromatic rings. The molecular weight excluding hydrogens is 142 g/mol. The maximum absolute atomic E-state index is 10.9. The molecule has 1 unspecified atom stereocenters. The van der Waals surface area contributed by atoms with Crippen LogP contribution in [0.25, 0.3) is 0 Å². The van der Waals surface area contributed by atoms with Gasteiger partial charge in [-0.2, -0.15) is 0 Å². The van der Waals surface area contributed by atoms with Gasteiger partial charge in [0.05, 0.1) is 0 Å². The smallest absolute Gasteiger partial charge is 0.286 e. The van der Waals surface area contributed by atoms with Gasteiger partial charge in [0, 0.05) is 6.04 Å². The van der Waals surface area contributed by atoms with E-state index in [1.807, 2.05) is 13.8 Å². The molecular formula is C8H13NO2. The minimum absolute atomic E-state index is 0.151. The first-order chi connectivity index (χ1) is 5.11. The first-order valence-corrected chi connectivity index (χ1v) is 3.81. The Kier molecular flexibility index (Phi) is 2.17. The third-order valence-electron chi connectivity index (χ3n) is 1.92. The Hall–Kier alpha value is -0.990. The lowest BCUT2D eigenvalue weighted by molar-refractivity contribution is -0.121. The Morgan fingerprint density at radius 1 is 1.73 bits per heavy atom. The molecule has 0 aromatic carbocycles. The van der Waals surface area contributed by atoms with Crippen LogP contribution in [0.1, 0.15) is 20.3 Å². The van der Waals surface area contributed by atoms with Crippen molar-refractivity contribution >= 4 is 5.91 Å². The third-order valence-corrected chi connectivity index (χ3v) is 1.92. The molecule has 3 nitrogen and oxygen atoms in total. The van der Waals surface area contributed by atoms with Crippen LogP contribution in [0, 0.1) is 5.92 Å². The van der Waals surface area contributed by atoms with Crippen LogP contribution in [-0.2, 0) is 4.79 Å². The number of nitrogens with one attached hydrogen (secondary N) is 1. The molecule has 62 valence electrons. The van der Waals surface area contributed by atoms with Crippen LogP contribution in [0.5, 0.6) is 0 Å². The van der Waals surface area contributed by atoms with Crippen LogP contribution < -0.4 is 5.32 Å². The standard InChI is InChI=1S/C8H13NO2/c1-5(2)6-3-4-7(10)8(11)9-6/h4-6,10H,3H2,1-2H3,(H,9,11). The Balaban J connectivity index is 2.62. The number of hydrogen-bond acceptors (Lipinski definition) is 2. The van der Waals surface area contributed by atoms with Crippen LogP contribution in [0.15, 0.2) is 11.8 Å². The van der Waals surface area contributed by atoms with Crippen molar-refractivity contribution in [3.8, 4) is 0 Å². The highest BCUT2D eigenvalue weighted by atomic mass is 16.3. The van der Waals surface area contributed by atoms with Gasteiger partial charge >= 0.3 is 0 Å². The van der Waals surface area contributed by atoms with Crippen molar-refractivity contribution in [1.82, 2.24) is 5.32 Å². The highest BCUT2D eigenvalue weighted by Crippen LogP contribution is 2.12. The summed E-state index contributed by atoms with van der Waals surface area (Å²) in [5, 5.41) is 11.6. The monoisotopic (exact) mass is 155 g/mol. The molecule has 0 bridgehead atoms. The molecule has 0 fully saturated rings. The van der Waals surface area contributed by atoms with Gasteiger partial charge in [-0.3, -0.25) is 4.79 Å². The predicted octanol–water partition coefficient (Wildman–Crippen LogP) is 0.973. The molecule has 0 saturated heterocycles. The van der Waals surface area contributed by atoms with Gasteiger partial charge in [0.15, 0.2) is 5.76 Å². The van der Waals surface area contributed by atoms with Crippen LogP contribution >= 0.6 is 0 Å². The Morgan fingerprint density at radius 2 is 2.36 bits per heavy atom. The lowest BCUT2D eigenvalue weighted by Gasteiger charge is -2.23. The van der Waals surface area contributed by atoms with Crippen molar-refractivity contribution in [2.24, 2.45) is 5.92 Å². The van der Waals surface area contributed by atoms with E-state index in [0.717, 1.165) is 6.42 Å². The molecule has 0 aliphatic carbocycles. The van der Waals surface area contributed by atoms with Gasteiger partial charge in [-0.1, -0.05) is 13.8 Å². The fourth-order valence-electron chi connectivity index (χ4n) is 1.07. The van der Waals surface area contributed by atoms with E-state index >= 15 is 0 Å². The van der Waals surface area contributed by atoms with E-state index < -0.39 is 0 Å². The Labute approximate surface area is 66.1 Å². The predicted molar refractivity (Wildman–Crippen MR) is 42.1 cm³/mol. The summed E-state index contributed by atoms with van der Waals surface area (Å²) in [7, 11) is 0. The molecule has 1 heterocycles. The second-order valence-corrected chi connectivity index (χ2v) is 3.15. The summed E-state index contributed by atoms with van der Waals surface area (Å²) >= 11 is 0. The zero-order valence-electron chi connectivity index (χ0n) is 6.79. The minimum atomic E-state index is -0.352. The number of amides is 1. The molecule has 0 saturated carbocycles. The van der Waals surface area contributed by atoms with Gasteiger partial charge < -0.3 is 10.4 Å². The van der Waals surface area contributed by atoms with Crippen molar-refractivity contribution in [2.75, 3.05) is 0 Å². The average molecular weight is 155 g/mol. The largest absolute Gasteiger partial charge is 0.503 e. The van der Waals surface area contributed by atoms with Gasteiger partial charge in [0.1, 0.15) is 0 Å². The molecule has 2 N–H and O–H groups in total. The normalized spacial score (nSPS) is 24.8. The van der Waals surface area contributed by atoms with Crippen molar-refractivity contribution in [2.45, 2.75) is 26.3 Å². The summed E-state index contributed by atoms with van der Waals surface area (Å²) in [6, 6.07) is 0.179. The summed E-state index contributed by atoms with van der Waals surface area (Å²) < 4.78 is 0. The number of carbonyl (C=O) groups excluding carboxylic acids is 1. The van der Waals surface area contributed by atoms with E-state index in [4.69, 9.17) is 5.11 Å². The van der Waals surface area contributed by atoms with Crippen molar-refractivity contribution < 1.29 is 9.90 Å². The number of rotatable bonds is 1. The fourth-order valence-corrected chi connectivity index (χ4v) is 1.07. The fraction of sp³-hybridized carbons (Fsp3) is 0.625. The maximum Gasteiger partial charge on any atom is 0.286 e. The van der Waals surface area contributed by atoms with Crippen molar-refractivity contribution in [3.05, 3.63) is 11.8 Å². The second kappa shape index (κ2) is 2.95. The van der Waals surface area contributed by atoms with Crippen LogP contribution in [-0.4, -0.2) is 17.1 Å². The van der Waals surface area contributed by atoms with E-state index in [9.17, 15) is 4.79 Å². The number of carbonyl (C=O) groups is 1. The topological polar surface area (TPSA) is 49.3 Å². The summed E-state index contributed by atoms with van der Waals surface area (Å²) in [6.07, 6.45) is 2.30.